The molecule has 0 aliphatic rings. The van der Waals surface area contributed by atoms with Crippen molar-refractivity contribution in [3.63, 3.8) is 0 Å². The van der Waals surface area contributed by atoms with Crippen LogP contribution in [0, 0.1) is 18.3 Å². The van der Waals surface area contributed by atoms with E-state index >= 15 is 0 Å². The standard InChI is InChI=1S/C20H20BrN3O2S/c1-4-24(5-2)20(26)18-13(3)16(12-22)19(27-18)23-17(25)11-8-14-6-9-15(21)10-7-14/h6-11H,4-5H2,1-3H3,(H,23,25)/b11-8-. The number of thiophene rings is 1. The quantitative estimate of drug-likeness (QED) is 0.647. The molecule has 0 aliphatic heterocycles. The number of nitrogens with zero attached hydrogens (tertiary/aromatic N) is 2. The number of carbonyl (C=O) groups is 2. The maximum Gasteiger partial charge on any atom is 0.264 e. The highest BCUT2D eigenvalue weighted by Crippen LogP contribution is 2.33. The minimum absolute atomic E-state index is 0.120. The second-order valence-corrected chi connectivity index (χ2v) is 7.66. The summed E-state index contributed by atoms with van der Waals surface area (Å²) in [6, 6.07) is 9.63. The van der Waals surface area contributed by atoms with E-state index in [4.69, 9.17) is 0 Å². The van der Waals surface area contributed by atoms with Crippen LogP contribution in [0.15, 0.2) is 34.8 Å². The molecule has 0 aliphatic carbocycles. The number of hydrogen-bond donors (Lipinski definition) is 1. The Balaban J connectivity index is 2.21. The highest BCUT2D eigenvalue weighted by atomic mass is 79.9. The van der Waals surface area contributed by atoms with Gasteiger partial charge in [0.1, 0.15) is 11.1 Å². The number of carbonyl (C=O) groups excluding carboxylic acids is 2. The van der Waals surface area contributed by atoms with Gasteiger partial charge in [0.25, 0.3) is 5.91 Å². The molecule has 140 valence electrons. The molecule has 0 fully saturated rings. The van der Waals surface area contributed by atoms with Crippen molar-refractivity contribution < 1.29 is 9.59 Å². The van der Waals surface area contributed by atoms with Crippen LogP contribution < -0.4 is 5.32 Å². The first kappa shape index (κ1) is 20.9. The highest BCUT2D eigenvalue weighted by molar-refractivity contribution is 9.10. The summed E-state index contributed by atoms with van der Waals surface area (Å²) < 4.78 is 0.960. The van der Waals surface area contributed by atoms with Crippen LogP contribution in [0.3, 0.4) is 0 Å². The van der Waals surface area contributed by atoms with Crippen molar-refractivity contribution in [2.45, 2.75) is 20.8 Å². The summed E-state index contributed by atoms with van der Waals surface area (Å²) >= 11 is 4.51. The van der Waals surface area contributed by atoms with Crippen LogP contribution in [-0.4, -0.2) is 29.8 Å². The zero-order chi connectivity index (χ0) is 20.0. The maximum absolute atomic E-state index is 12.6. The molecule has 1 N–H and O–H groups in total. The first-order valence-electron chi connectivity index (χ1n) is 8.48. The lowest BCUT2D eigenvalue weighted by molar-refractivity contribution is -0.111. The van der Waals surface area contributed by atoms with Crippen molar-refractivity contribution in [3.8, 4) is 6.07 Å². The average Bonchev–Trinajstić information content (AvgIpc) is 2.97. The van der Waals surface area contributed by atoms with E-state index in [-0.39, 0.29) is 11.8 Å². The van der Waals surface area contributed by atoms with Crippen molar-refractivity contribution in [1.29, 1.82) is 5.26 Å². The Kier molecular flexibility index (Phi) is 7.34. The predicted octanol–water partition coefficient (Wildman–Crippen LogP) is 4.82. The van der Waals surface area contributed by atoms with E-state index in [1.54, 1.807) is 17.9 Å². The Morgan fingerprint density at radius 1 is 1.26 bits per heavy atom. The summed E-state index contributed by atoms with van der Waals surface area (Å²) in [5, 5.41) is 12.6. The molecule has 27 heavy (non-hydrogen) atoms. The van der Waals surface area contributed by atoms with Crippen LogP contribution in [0.2, 0.25) is 0 Å². The fourth-order valence-corrected chi connectivity index (χ4v) is 3.89. The van der Waals surface area contributed by atoms with Gasteiger partial charge < -0.3 is 10.2 Å². The normalized spacial score (nSPS) is 10.6. The van der Waals surface area contributed by atoms with Gasteiger partial charge in [-0.05, 0) is 50.1 Å². The molecule has 0 atom stereocenters. The van der Waals surface area contributed by atoms with Gasteiger partial charge in [-0.25, -0.2) is 0 Å². The molecule has 1 aromatic heterocycles. The topological polar surface area (TPSA) is 73.2 Å². The van der Waals surface area contributed by atoms with Gasteiger partial charge in [0.15, 0.2) is 0 Å². The summed E-state index contributed by atoms with van der Waals surface area (Å²) in [6.07, 6.45) is 3.10. The van der Waals surface area contributed by atoms with Gasteiger partial charge in [0.05, 0.1) is 10.4 Å². The third-order valence-electron chi connectivity index (χ3n) is 4.04. The largest absolute Gasteiger partial charge is 0.338 e. The zero-order valence-electron chi connectivity index (χ0n) is 15.4. The van der Waals surface area contributed by atoms with Crippen LogP contribution in [0.25, 0.3) is 6.08 Å². The van der Waals surface area contributed by atoms with Crippen molar-refractivity contribution in [3.05, 3.63) is 56.4 Å². The average molecular weight is 446 g/mol. The fraction of sp³-hybridized carbons (Fsp3) is 0.250. The van der Waals surface area contributed by atoms with Gasteiger partial charge in [0.2, 0.25) is 5.91 Å². The van der Waals surface area contributed by atoms with Crippen molar-refractivity contribution in [2.24, 2.45) is 0 Å². The highest BCUT2D eigenvalue weighted by Gasteiger charge is 2.23. The summed E-state index contributed by atoms with van der Waals surface area (Å²) in [4.78, 5) is 27.1. The molecule has 0 unspecified atom stereocenters. The Morgan fingerprint density at radius 3 is 2.44 bits per heavy atom. The van der Waals surface area contributed by atoms with E-state index in [1.165, 1.54) is 6.08 Å². The molecule has 0 saturated carbocycles. The van der Waals surface area contributed by atoms with E-state index < -0.39 is 0 Å². The fourth-order valence-electron chi connectivity index (χ4n) is 2.49. The minimum atomic E-state index is -0.350. The second kappa shape index (κ2) is 9.49. The summed E-state index contributed by atoms with van der Waals surface area (Å²) in [5.41, 5.74) is 1.82. The Bertz CT molecular complexity index is 907. The maximum atomic E-state index is 12.6. The van der Waals surface area contributed by atoms with Gasteiger partial charge in [0, 0.05) is 23.6 Å². The lowest BCUT2D eigenvalue weighted by Gasteiger charge is -2.17. The smallest absolute Gasteiger partial charge is 0.264 e. The molecule has 0 spiro atoms. The molecule has 2 rings (SSSR count). The number of halogens is 1. The third-order valence-corrected chi connectivity index (χ3v) is 5.76. The van der Waals surface area contributed by atoms with E-state index in [1.807, 2.05) is 38.1 Å². The first-order valence-corrected chi connectivity index (χ1v) is 10.1. The number of nitriles is 1. The lowest BCUT2D eigenvalue weighted by atomic mass is 10.1. The molecular formula is C20H20BrN3O2S. The summed E-state index contributed by atoms with van der Waals surface area (Å²) in [7, 11) is 0. The minimum Gasteiger partial charge on any atom is -0.338 e. The monoisotopic (exact) mass is 445 g/mol. The van der Waals surface area contributed by atoms with Gasteiger partial charge in [-0.1, -0.05) is 28.1 Å². The molecule has 0 bridgehead atoms. The van der Waals surface area contributed by atoms with E-state index in [2.05, 4.69) is 27.3 Å². The number of nitrogens with one attached hydrogen (secondary N) is 1. The molecule has 0 radical (unpaired) electrons. The molecule has 1 aromatic carbocycles. The van der Waals surface area contributed by atoms with Gasteiger partial charge in [-0.2, -0.15) is 5.26 Å². The number of rotatable bonds is 6. The Labute approximate surface area is 171 Å². The molecule has 5 nitrogen and oxygen atoms in total. The van der Waals surface area contributed by atoms with Crippen molar-refractivity contribution in [2.75, 3.05) is 18.4 Å². The molecule has 1 heterocycles. The van der Waals surface area contributed by atoms with E-state index in [0.717, 1.165) is 21.4 Å². The van der Waals surface area contributed by atoms with Crippen molar-refractivity contribution >= 4 is 50.2 Å². The van der Waals surface area contributed by atoms with Crippen LogP contribution in [0.1, 0.15) is 40.2 Å². The van der Waals surface area contributed by atoms with Crippen LogP contribution in [-0.2, 0) is 4.79 Å². The molecule has 0 saturated heterocycles. The molecule has 7 heteroatoms. The summed E-state index contributed by atoms with van der Waals surface area (Å²) in [5.74, 6) is -0.470. The number of benzene rings is 1. The number of hydrogen-bond acceptors (Lipinski definition) is 4. The van der Waals surface area contributed by atoms with Gasteiger partial charge >= 0.3 is 0 Å². The SMILES string of the molecule is CCN(CC)C(=O)c1sc(NC(=O)/C=C\c2ccc(Br)cc2)c(C#N)c1C. The van der Waals surface area contributed by atoms with E-state index in [0.29, 0.717) is 34.1 Å². The lowest BCUT2D eigenvalue weighted by Crippen LogP contribution is -2.30. The predicted molar refractivity (Wildman–Crippen MR) is 113 cm³/mol. The second-order valence-electron chi connectivity index (χ2n) is 5.72. The number of amides is 2. The Hall–Kier alpha value is -2.43. The zero-order valence-corrected chi connectivity index (χ0v) is 17.8. The van der Waals surface area contributed by atoms with Crippen LogP contribution in [0.4, 0.5) is 5.00 Å². The Morgan fingerprint density at radius 2 is 1.89 bits per heavy atom. The molecular weight excluding hydrogens is 426 g/mol. The molecule has 2 amide bonds. The summed E-state index contributed by atoms with van der Waals surface area (Å²) in [6.45, 7) is 6.73. The molecule has 2 aromatic rings. The third kappa shape index (κ3) is 5.06. The van der Waals surface area contributed by atoms with Crippen LogP contribution in [0.5, 0.6) is 0 Å². The van der Waals surface area contributed by atoms with E-state index in [9.17, 15) is 14.9 Å². The van der Waals surface area contributed by atoms with Gasteiger partial charge in [-0.15, -0.1) is 11.3 Å². The number of anilines is 1. The van der Waals surface area contributed by atoms with Gasteiger partial charge in [-0.3, -0.25) is 9.59 Å². The first-order chi connectivity index (χ1) is 12.9. The van der Waals surface area contributed by atoms with Crippen LogP contribution >= 0.6 is 27.3 Å². The van der Waals surface area contributed by atoms with Crippen molar-refractivity contribution in [1.82, 2.24) is 4.90 Å².